The lowest BCUT2D eigenvalue weighted by atomic mass is 10.1. The van der Waals surface area contributed by atoms with Crippen molar-refractivity contribution in [3.63, 3.8) is 0 Å². The molecule has 21 heavy (non-hydrogen) atoms. The van der Waals surface area contributed by atoms with E-state index in [-0.39, 0.29) is 5.91 Å². The summed E-state index contributed by atoms with van der Waals surface area (Å²) in [7, 11) is 1.63. The van der Waals surface area contributed by atoms with Gasteiger partial charge in [0, 0.05) is 24.2 Å². The van der Waals surface area contributed by atoms with Gasteiger partial charge >= 0.3 is 0 Å². The fourth-order valence-corrected chi connectivity index (χ4v) is 2.14. The van der Waals surface area contributed by atoms with Crippen LogP contribution >= 0.6 is 0 Å². The number of benzene rings is 2. The van der Waals surface area contributed by atoms with Gasteiger partial charge in [0.05, 0.1) is 7.11 Å². The molecule has 0 unspecified atom stereocenters. The largest absolute Gasteiger partial charge is 0.496 e. The Kier molecular flexibility index (Phi) is 5.21. The molecule has 0 aromatic heterocycles. The number of nitrogen functional groups attached to an aromatic ring is 1. The molecule has 110 valence electrons. The maximum absolute atomic E-state index is 11.9. The average Bonchev–Trinajstić information content (AvgIpc) is 2.51. The van der Waals surface area contributed by atoms with Crippen molar-refractivity contribution in [3.05, 3.63) is 59.7 Å². The number of hydrogen-bond donors (Lipinski definition) is 2. The first-order valence-electron chi connectivity index (χ1n) is 6.92. The van der Waals surface area contributed by atoms with E-state index in [2.05, 4.69) is 5.32 Å². The van der Waals surface area contributed by atoms with Crippen molar-refractivity contribution in [2.45, 2.75) is 19.4 Å². The number of carbonyl (C=O) groups is 1. The summed E-state index contributed by atoms with van der Waals surface area (Å²) in [6, 6.07) is 15.3. The number of aryl methyl sites for hydroxylation is 1. The standard InChI is InChI=1S/C17H20N2O2/c1-21-16-8-3-2-6-14(16)12-19-17(20)10-9-13-5-4-7-15(18)11-13/h2-8,11H,9-10,12,18H2,1H3,(H,19,20). The van der Waals surface area contributed by atoms with Crippen LogP contribution in [0.2, 0.25) is 0 Å². The monoisotopic (exact) mass is 284 g/mol. The van der Waals surface area contributed by atoms with Gasteiger partial charge in [0.25, 0.3) is 0 Å². The summed E-state index contributed by atoms with van der Waals surface area (Å²) in [6.45, 7) is 0.472. The third kappa shape index (κ3) is 4.53. The minimum Gasteiger partial charge on any atom is -0.496 e. The number of para-hydroxylation sites is 1. The summed E-state index contributed by atoms with van der Waals surface area (Å²) in [5.74, 6) is 0.803. The van der Waals surface area contributed by atoms with Crippen LogP contribution in [0.5, 0.6) is 5.75 Å². The van der Waals surface area contributed by atoms with Crippen LogP contribution in [0.15, 0.2) is 48.5 Å². The molecule has 0 saturated heterocycles. The van der Waals surface area contributed by atoms with E-state index in [0.29, 0.717) is 19.4 Å². The predicted octanol–water partition coefficient (Wildman–Crippen LogP) is 2.53. The summed E-state index contributed by atoms with van der Waals surface area (Å²) in [5.41, 5.74) is 8.48. The van der Waals surface area contributed by atoms with Gasteiger partial charge in [-0.1, -0.05) is 30.3 Å². The molecule has 2 rings (SSSR count). The average molecular weight is 284 g/mol. The maximum atomic E-state index is 11.9. The van der Waals surface area contributed by atoms with Gasteiger partial charge in [-0.25, -0.2) is 0 Å². The van der Waals surface area contributed by atoms with E-state index in [1.54, 1.807) is 7.11 Å². The van der Waals surface area contributed by atoms with E-state index < -0.39 is 0 Å². The zero-order valence-corrected chi connectivity index (χ0v) is 12.1. The highest BCUT2D eigenvalue weighted by Crippen LogP contribution is 2.16. The molecule has 0 saturated carbocycles. The molecule has 1 amide bonds. The Labute approximate surface area is 124 Å². The van der Waals surface area contributed by atoms with Crippen molar-refractivity contribution in [1.29, 1.82) is 0 Å². The Hall–Kier alpha value is -2.49. The second kappa shape index (κ2) is 7.33. The van der Waals surface area contributed by atoms with E-state index in [1.807, 2.05) is 48.5 Å². The van der Waals surface area contributed by atoms with Crippen molar-refractivity contribution in [1.82, 2.24) is 5.32 Å². The lowest BCUT2D eigenvalue weighted by Gasteiger charge is -2.09. The molecule has 0 aliphatic heterocycles. The van der Waals surface area contributed by atoms with E-state index >= 15 is 0 Å². The molecule has 0 aliphatic rings. The fraction of sp³-hybridized carbons (Fsp3) is 0.235. The third-order valence-electron chi connectivity index (χ3n) is 3.26. The summed E-state index contributed by atoms with van der Waals surface area (Å²) in [4.78, 5) is 11.9. The number of amides is 1. The minimum atomic E-state index is 0.0170. The Balaban J connectivity index is 1.82. The molecule has 0 bridgehead atoms. The Morgan fingerprint density at radius 2 is 2.00 bits per heavy atom. The molecule has 4 nitrogen and oxygen atoms in total. The summed E-state index contributed by atoms with van der Waals surface area (Å²) in [5, 5.41) is 2.91. The molecule has 3 N–H and O–H groups in total. The zero-order valence-electron chi connectivity index (χ0n) is 12.1. The number of carbonyl (C=O) groups excluding carboxylic acids is 1. The predicted molar refractivity (Wildman–Crippen MR) is 84.0 cm³/mol. The van der Waals surface area contributed by atoms with Gasteiger partial charge in [-0.2, -0.15) is 0 Å². The van der Waals surface area contributed by atoms with E-state index in [9.17, 15) is 4.79 Å². The number of hydrogen-bond acceptors (Lipinski definition) is 3. The Bertz CT molecular complexity index is 611. The van der Waals surface area contributed by atoms with Crippen LogP contribution in [-0.2, 0) is 17.8 Å². The molecule has 4 heteroatoms. The van der Waals surface area contributed by atoms with Crippen molar-refractivity contribution < 1.29 is 9.53 Å². The van der Waals surface area contributed by atoms with Crippen LogP contribution in [0.25, 0.3) is 0 Å². The van der Waals surface area contributed by atoms with Gasteiger partial charge in [-0.05, 0) is 30.2 Å². The first kappa shape index (κ1) is 14.9. The second-order valence-electron chi connectivity index (χ2n) is 4.83. The number of nitrogens with two attached hydrogens (primary N) is 1. The molecule has 0 atom stereocenters. The van der Waals surface area contributed by atoms with Crippen molar-refractivity contribution >= 4 is 11.6 Å². The van der Waals surface area contributed by atoms with Crippen LogP contribution in [0.4, 0.5) is 5.69 Å². The highest BCUT2D eigenvalue weighted by molar-refractivity contribution is 5.76. The van der Waals surface area contributed by atoms with Crippen molar-refractivity contribution in [2.75, 3.05) is 12.8 Å². The zero-order chi connectivity index (χ0) is 15.1. The quantitative estimate of drug-likeness (QED) is 0.801. The second-order valence-corrected chi connectivity index (χ2v) is 4.83. The normalized spacial score (nSPS) is 10.1. The number of methoxy groups -OCH3 is 1. The Morgan fingerprint density at radius 3 is 2.76 bits per heavy atom. The first-order valence-corrected chi connectivity index (χ1v) is 6.92. The third-order valence-corrected chi connectivity index (χ3v) is 3.26. The van der Waals surface area contributed by atoms with Gasteiger partial charge < -0.3 is 15.8 Å². The van der Waals surface area contributed by atoms with E-state index in [0.717, 1.165) is 22.6 Å². The van der Waals surface area contributed by atoms with Gasteiger partial charge in [0.15, 0.2) is 0 Å². The number of rotatable bonds is 6. The first-order chi connectivity index (χ1) is 10.2. The molecule has 2 aromatic rings. The van der Waals surface area contributed by atoms with E-state index in [1.165, 1.54) is 0 Å². The van der Waals surface area contributed by atoms with Crippen LogP contribution in [0, 0.1) is 0 Å². The highest BCUT2D eigenvalue weighted by atomic mass is 16.5. The van der Waals surface area contributed by atoms with Crippen molar-refractivity contribution in [2.24, 2.45) is 0 Å². The summed E-state index contributed by atoms with van der Waals surface area (Å²) < 4.78 is 5.25. The summed E-state index contributed by atoms with van der Waals surface area (Å²) in [6.07, 6.45) is 1.13. The summed E-state index contributed by atoms with van der Waals surface area (Å²) >= 11 is 0. The fourth-order valence-electron chi connectivity index (χ4n) is 2.14. The SMILES string of the molecule is COc1ccccc1CNC(=O)CCc1cccc(N)c1. The molecule has 0 radical (unpaired) electrons. The van der Waals surface area contributed by atoms with Gasteiger partial charge in [0.2, 0.25) is 5.91 Å². The van der Waals surface area contributed by atoms with Crippen LogP contribution in [0.3, 0.4) is 0 Å². The van der Waals surface area contributed by atoms with Crippen LogP contribution in [-0.4, -0.2) is 13.0 Å². The molecule has 0 heterocycles. The number of anilines is 1. The molecular formula is C17H20N2O2. The van der Waals surface area contributed by atoms with Crippen LogP contribution in [0.1, 0.15) is 17.5 Å². The Morgan fingerprint density at radius 1 is 1.19 bits per heavy atom. The minimum absolute atomic E-state index is 0.0170. The molecule has 0 aliphatic carbocycles. The number of ether oxygens (including phenoxy) is 1. The molecular weight excluding hydrogens is 264 g/mol. The highest BCUT2D eigenvalue weighted by Gasteiger charge is 2.05. The van der Waals surface area contributed by atoms with E-state index in [4.69, 9.17) is 10.5 Å². The van der Waals surface area contributed by atoms with Gasteiger partial charge in [-0.15, -0.1) is 0 Å². The van der Waals surface area contributed by atoms with Gasteiger partial charge in [-0.3, -0.25) is 4.79 Å². The maximum Gasteiger partial charge on any atom is 0.220 e. The molecule has 0 fully saturated rings. The molecule has 0 spiro atoms. The lowest BCUT2D eigenvalue weighted by molar-refractivity contribution is -0.121. The van der Waals surface area contributed by atoms with Crippen LogP contribution < -0.4 is 15.8 Å². The lowest BCUT2D eigenvalue weighted by Crippen LogP contribution is -2.23. The molecule has 2 aromatic carbocycles. The van der Waals surface area contributed by atoms with Gasteiger partial charge in [0.1, 0.15) is 5.75 Å². The smallest absolute Gasteiger partial charge is 0.220 e. The number of nitrogens with one attached hydrogen (secondary N) is 1. The topological polar surface area (TPSA) is 64.3 Å². The van der Waals surface area contributed by atoms with Crippen molar-refractivity contribution in [3.8, 4) is 5.75 Å².